The van der Waals surface area contributed by atoms with E-state index in [0.717, 1.165) is 0 Å². The third-order valence-corrected chi connectivity index (χ3v) is 0.183. The molecule has 0 aromatic carbocycles. The van der Waals surface area contributed by atoms with Gasteiger partial charge >= 0.3 is 11.9 Å². The van der Waals surface area contributed by atoms with Crippen molar-refractivity contribution in [2.75, 3.05) is 0 Å². The molecule has 0 atom stereocenters. The lowest BCUT2D eigenvalue weighted by molar-refractivity contribution is -1.92. The van der Waals surface area contributed by atoms with E-state index in [1.807, 2.05) is 0 Å². The monoisotopic (exact) mass is 190 g/mol. The van der Waals surface area contributed by atoms with Gasteiger partial charge in [0, 0.05) is 0 Å². The summed E-state index contributed by atoms with van der Waals surface area (Å²) in [6.45, 7) is 0. The summed E-state index contributed by atoms with van der Waals surface area (Å²) >= 11 is 0. The van der Waals surface area contributed by atoms with Crippen molar-refractivity contribution in [2.24, 2.45) is 0 Å². The van der Waals surface area contributed by atoms with Crippen molar-refractivity contribution in [3.05, 3.63) is 0 Å². The lowest BCUT2D eigenvalue weighted by atomic mass is 10.7. The maximum Gasteiger partial charge on any atom is 0.414 e. The standard InChI is InChI=1S/C2H2O4.ClHO4/c3-1(4)2(5)6;2-1(3,4)5/h(H,3,4)(H,5,6);(H,2,3,4,5). The van der Waals surface area contributed by atoms with Crippen LogP contribution in [0.3, 0.4) is 0 Å². The molecule has 0 saturated carbocycles. The van der Waals surface area contributed by atoms with Crippen LogP contribution in [0, 0.1) is 10.2 Å². The van der Waals surface area contributed by atoms with Crippen molar-refractivity contribution in [2.45, 2.75) is 0 Å². The topological polar surface area (TPSA) is 164 Å². The van der Waals surface area contributed by atoms with E-state index in [2.05, 4.69) is 0 Å². The van der Waals surface area contributed by atoms with Crippen LogP contribution in [0.15, 0.2) is 0 Å². The van der Waals surface area contributed by atoms with Crippen LogP contribution < -0.4 is 14.0 Å². The van der Waals surface area contributed by atoms with E-state index in [0.29, 0.717) is 0 Å². The van der Waals surface area contributed by atoms with Crippen LogP contribution in [-0.2, 0) is 9.59 Å². The summed E-state index contributed by atoms with van der Waals surface area (Å²) < 4.78 is 32.7. The summed E-state index contributed by atoms with van der Waals surface area (Å²) in [5.41, 5.74) is 0. The summed E-state index contributed by atoms with van der Waals surface area (Å²) in [5.74, 6) is -3.65. The van der Waals surface area contributed by atoms with Crippen molar-refractivity contribution in [1.29, 1.82) is 0 Å². The van der Waals surface area contributed by atoms with Crippen molar-refractivity contribution in [1.82, 2.24) is 0 Å². The molecule has 3 N–H and O–H groups in total. The maximum atomic E-state index is 9.10. The molecule has 8 nitrogen and oxygen atoms in total. The number of halogens is 1. The first-order valence-corrected chi connectivity index (χ1v) is 3.00. The van der Waals surface area contributed by atoms with Gasteiger partial charge in [-0.05, 0) is 0 Å². The van der Waals surface area contributed by atoms with Gasteiger partial charge in [0.15, 0.2) is 0 Å². The van der Waals surface area contributed by atoms with Crippen molar-refractivity contribution >= 4 is 11.9 Å². The van der Waals surface area contributed by atoms with Crippen LogP contribution in [0.25, 0.3) is 0 Å². The molecular weight excluding hydrogens is 187 g/mol. The van der Waals surface area contributed by atoms with Crippen molar-refractivity contribution in [3.8, 4) is 0 Å². The Labute approximate surface area is 61.7 Å². The van der Waals surface area contributed by atoms with Gasteiger partial charge < -0.3 is 10.2 Å². The zero-order chi connectivity index (χ0) is 9.65. The minimum atomic E-state index is -4.69. The van der Waals surface area contributed by atoms with Gasteiger partial charge in [-0.3, -0.25) is 0 Å². The SMILES string of the molecule is O=C(O)C(=O)O.[O-][Cl+3]([O-])([O-])O. The highest BCUT2D eigenvalue weighted by atomic mass is 35.7. The molecule has 0 spiro atoms. The van der Waals surface area contributed by atoms with Gasteiger partial charge in [0.2, 0.25) is 0 Å². The molecule has 0 aliphatic carbocycles. The number of hydrogen-bond acceptors (Lipinski definition) is 6. The number of carbonyl (C=O) groups is 2. The fraction of sp³-hybridized carbons (Fsp3) is 0. The van der Waals surface area contributed by atoms with E-state index in [1.54, 1.807) is 0 Å². The van der Waals surface area contributed by atoms with Crippen molar-refractivity contribution in [3.63, 3.8) is 0 Å². The number of hydrogen-bond donors (Lipinski definition) is 3. The predicted molar refractivity (Wildman–Crippen MR) is 17.5 cm³/mol. The molecule has 0 bridgehead atoms. The average molecular weight is 190 g/mol. The molecule has 9 heteroatoms. The molecule has 0 fully saturated rings. The zero-order valence-electron chi connectivity index (χ0n) is 4.76. The van der Waals surface area contributed by atoms with Gasteiger partial charge in [-0.1, -0.05) is 0 Å². The molecule has 0 aliphatic heterocycles. The average Bonchev–Trinajstić information content (AvgIpc) is 1.59. The second-order valence-electron chi connectivity index (χ2n) is 1.01. The second-order valence-corrected chi connectivity index (χ2v) is 1.80. The third-order valence-electron chi connectivity index (χ3n) is 0.183. The van der Waals surface area contributed by atoms with Gasteiger partial charge in [0.1, 0.15) is 0 Å². The molecule has 0 amide bonds. The summed E-state index contributed by atoms with van der Waals surface area (Å²) in [5, 5.41) is 14.8. The molecule has 0 rings (SSSR count). The predicted octanol–water partition coefficient (Wildman–Crippen LogP) is -4.97. The number of carboxylic acid groups (broad SMARTS) is 2. The molecule has 0 unspecified atom stereocenters. The Morgan fingerprint density at radius 2 is 1.09 bits per heavy atom. The van der Waals surface area contributed by atoms with Gasteiger partial charge in [-0.15, -0.1) is 0 Å². The number of rotatable bonds is 0. The highest BCUT2D eigenvalue weighted by Crippen LogP contribution is 1.60. The Balaban J connectivity index is 0. The highest BCUT2D eigenvalue weighted by Gasteiger charge is 2.04. The van der Waals surface area contributed by atoms with E-state index in [4.69, 9.17) is 38.4 Å². The first-order valence-electron chi connectivity index (χ1n) is 1.74. The van der Waals surface area contributed by atoms with E-state index >= 15 is 0 Å². The van der Waals surface area contributed by atoms with Crippen LogP contribution in [0.2, 0.25) is 0 Å². The molecule has 0 saturated heterocycles. The Morgan fingerprint density at radius 3 is 1.09 bits per heavy atom. The molecule has 66 valence electrons. The smallest absolute Gasteiger partial charge is 0.414 e. The van der Waals surface area contributed by atoms with E-state index in [-0.39, 0.29) is 0 Å². The van der Waals surface area contributed by atoms with Gasteiger partial charge in [0.25, 0.3) is 0 Å². The van der Waals surface area contributed by atoms with Gasteiger partial charge in [0.05, 0.1) is 14.9 Å². The summed E-state index contributed by atoms with van der Waals surface area (Å²) in [4.78, 5) is 18.2. The Hall–Kier alpha value is -0.930. The van der Waals surface area contributed by atoms with Crippen LogP contribution in [-0.4, -0.2) is 26.8 Å². The summed E-state index contributed by atoms with van der Waals surface area (Å²) in [7, 11) is -4.69. The molecule has 11 heavy (non-hydrogen) atoms. The Kier molecular flexibility index (Phi) is 5.57. The molecule has 0 aromatic heterocycles. The minimum Gasteiger partial charge on any atom is -0.473 e. The fourth-order valence-corrected chi connectivity index (χ4v) is 0. The Morgan fingerprint density at radius 1 is 1.00 bits per heavy atom. The summed E-state index contributed by atoms with van der Waals surface area (Å²) in [6, 6.07) is 0. The van der Waals surface area contributed by atoms with Gasteiger partial charge in [-0.2, -0.15) is 14.0 Å². The lowest BCUT2D eigenvalue weighted by Gasteiger charge is -2.03. The lowest BCUT2D eigenvalue weighted by Crippen LogP contribution is -2.58. The fourth-order valence-electron chi connectivity index (χ4n) is 0. The van der Waals surface area contributed by atoms with Crippen LogP contribution in [0.4, 0.5) is 0 Å². The number of aliphatic carboxylic acids is 2. The number of carboxylic acids is 2. The minimum absolute atomic E-state index is 1.82. The molecule has 0 aliphatic rings. The van der Waals surface area contributed by atoms with Crippen molar-refractivity contribution < 1.29 is 48.7 Å². The van der Waals surface area contributed by atoms with E-state index < -0.39 is 22.2 Å². The maximum absolute atomic E-state index is 9.10. The first-order chi connectivity index (χ1) is 4.64. The second kappa shape index (κ2) is 4.82. The van der Waals surface area contributed by atoms with E-state index in [9.17, 15) is 0 Å². The molecular formula is C2H3ClO8. The van der Waals surface area contributed by atoms with Gasteiger partial charge in [-0.25, -0.2) is 9.59 Å². The Bertz CT molecular complexity index is 127. The normalized spacial score (nSPS) is 9.45. The zero-order valence-corrected chi connectivity index (χ0v) is 5.52. The molecule has 0 aromatic rings. The largest absolute Gasteiger partial charge is 0.473 e. The molecule has 0 radical (unpaired) electrons. The molecule has 0 heterocycles. The summed E-state index contributed by atoms with van der Waals surface area (Å²) in [6.07, 6.45) is 0. The third kappa shape index (κ3) is 48.1. The van der Waals surface area contributed by atoms with E-state index in [1.165, 1.54) is 0 Å². The van der Waals surface area contributed by atoms with Crippen LogP contribution in [0.1, 0.15) is 0 Å². The van der Waals surface area contributed by atoms with Crippen LogP contribution in [0.5, 0.6) is 0 Å². The highest BCUT2D eigenvalue weighted by molar-refractivity contribution is 6.27. The first kappa shape index (κ1) is 12.7. The quantitative estimate of drug-likeness (QED) is 0.320. The van der Waals surface area contributed by atoms with Crippen LogP contribution >= 0.6 is 0 Å².